The SMILES string of the molecule is Cc1cccc2c1N[C@H](c1cccc(Cl)c1)[C@H]1CC=C[C@H]21. The van der Waals surface area contributed by atoms with Crippen LogP contribution in [0.5, 0.6) is 0 Å². The van der Waals surface area contributed by atoms with E-state index in [-0.39, 0.29) is 0 Å². The lowest BCUT2D eigenvalue weighted by atomic mass is 9.76. The summed E-state index contributed by atoms with van der Waals surface area (Å²) in [7, 11) is 0. The summed E-state index contributed by atoms with van der Waals surface area (Å²) in [6.45, 7) is 2.18. The Bertz CT molecular complexity index is 719. The van der Waals surface area contributed by atoms with Crippen molar-refractivity contribution in [2.45, 2.75) is 25.3 Å². The Morgan fingerprint density at radius 3 is 2.86 bits per heavy atom. The molecule has 1 heterocycles. The van der Waals surface area contributed by atoms with Crippen LogP contribution in [-0.2, 0) is 0 Å². The molecule has 0 spiro atoms. The van der Waals surface area contributed by atoms with Crippen LogP contribution >= 0.6 is 11.6 Å². The molecular formula is C19H18ClN. The van der Waals surface area contributed by atoms with Crippen molar-refractivity contribution in [3.63, 3.8) is 0 Å². The fourth-order valence-electron chi connectivity index (χ4n) is 3.81. The zero-order valence-electron chi connectivity index (χ0n) is 12.0. The molecule has 0 saturated carbocycles. The van der Waals surface area contributed by atoms with Gasteiger partial charge in [-0.2, -0.15) is 0 Å². The number of hydrogen-bond donors (Lipinski definition) is 1. The molecule has 0 unspecified atom stereocenters. The number of para-hydroxylation sites is 1. The first-order valence-electron chi connectivity index (χ1n) is 7.52. The minimum Gasteiger partial charge on any atom is -0.377 e. The average Bonchev–Trinajstić information content (AvgIpc) is 2.96. The number of halogens is 1. The first kappa shape index (κ1) is 13.0. The summed E-state index contributed by atoms with van der Waals surface area (Å²) in [5, 5.41) is 4.59. The number of rotatable bonds is 1. The molecule has 0 bridgehead atoms. The quantitative estimate of drug-likeness (QED) is 0.687. The Morgan fingerprint density at radius 1 is 1.14 bits per heavy atom. The summed E-state index contributed by atoms with van der Waals surface area (Å²) >= 11 is 6.20. The van der Waals surface area contributed by atoms with Crippen LogP contribution in [0, 0.1) is 12.8 Å². The van der Waals surface area contributed by atoms with Crippen LogP contribution in [0.25, 0.3) is 0 Å². The minimum atomic E-state index is 0.331. The molecule has 0 amide bonds. The van der Waals surface area contributed by atoms with E-state index >= 15 is 0 Å². The molecule has 2 heteroatoms. The summed E-state index contributed by atoms with van der Waals surface area (Å²) in [5.41, 5.74) is 5.34. The lowest BCUT2D eigenvalue weighted by Crippen LogP contribution is -2.29. The lowest BCUT2D eigenvalue weighted by Gasteiger charge is -2.38. The number of aryl methyl sites for hydroxylation is 1. The highest BCUT2D eigenvalue weighted by atomic mass is 35.5. The fourth-order valence-corrected chi connectivity index (χ4v) is 4.01. The second-order valence-corrected chi connectivity index (χ2v) is 6.51. The Balaban J connectivity index is 1.83. The van der Waals surface area contributed by atoms with Crippen LogP contribution in [0.4, 0.5) is 5.69 Å². The van der Waals surface area contributed by atoms with E-state index in [1.165, 1.54) is 22.4 Å². The van der Waals surface area contributed by atoms with Crippen molar-refractivity contribution in [2.75, 3.05) is 5.32 Å². The van der Waals surface area contributed by atoms with Gasteiger partial charge in [0.15, 0.2) is 0 Å². The summed E-state index contributed by atoms with van der Waals surface area (Å²) in [6.07, 6.45) is 5.83. The van der Waals surface area contributed by atoms with Crippen LogP contribution in [0.3, 0.4) is 0 Å². The predicted molar refractivity (Wildman–Crippen MR) is 89.0 cm³/mol. The van der Waals surface area contributed by atoms with Gasteiger partial charge in [-0.15, -0.1) is 0 Å². The van der Waals surface area contributed by atoms with E-state index in [1.807, 2.05) is 12.1 Å². The van der Waals surface area contributed by atoms with Gasteiger partial charge in [-0.25, -0.2) is 0 Å². The molecule has 2 aromatic carbocycles. The van der Waals surface area contributed by atoms with Crippen molar-refractivity contribution in [3.05, 3.63) is 76.3 Å². The normalized spacial score (nSPS) is 26.1. The maximum atomic E-state index is 6.20. The molecule has 0 aromatic heterocycles. The molecule has 2 aliphatic rings. The summed E-state index contributed by atoms with van der Waals surface area (Å²) in [4.78, 5) is 0. The molecule has 0 radical (unpaired) electrons. The molecule has 1 nitrogen and oxygen atoms in total. The van der Waals surface area contributed by atoms with Gasteiger partial charge in [0.25, 0.3) is 0 Å². The van der Waals surface area contributed by atoms with Crippen LogP contribution in [0.1, 0.15) is 35.1 Å². The van der Waals surface area contributed by atoms with Crippen molar-refractivity contribution in [2.24, 2.45) is 5.92 Å². The van der Waals surface area contributed by atoms with Gasteiger partial charge in [-0.1, -0.05) is 54.1 Å². The van der Waals surface area contributed by atoms with Crippen LogP contribution in [0.2, 0.25) is 5.02 Å². The summed E-state index contributed by atoms with van der Waals surface area (Å²) in [6, 6.07) is 15.2. The predicted octanol–water partition coefficient (Wildman–Crippen LogP) is 5.47. The highest BCUT2D eigenvalue weighted by Crippen LogP contribution is 2.50. The molecule has 0 fully saturated rings. The second kappa shape index (κ2) is 4.92. The third kappa shape index (κ3) is 2.08. The highest BCUT2D eigenvalue weighted by Gasteiger charge is 2.38. The zero-order chi connectivity index (χ0) is 14.4. The molecule has 4 rings (SSSR count). The molecule has 1 aliphatic heterocycles. The van der Waals surface area contributed by atoms with Crippen LogP contribution < -0.4 is 5.32 Å². The van der Waals surface area contributed by atoms with E-state index in [0.29, 0.717) is 17.9 Å². The Morgan fingerprint density at radius 2 is 2.00 bits per heavy atom. The van der Waals surface area contributed by atoms with Gasteiger partial charge in [-0.3, -0.25) is 0 Å². The number of allylic oxidation sites excluding steroid dienone is 2. The molecule has 21 heavy (non-hydrogen) atoms. The Kier molecular flexibility index (Phi) is 3.04. The largest absolute Gasteiger partial charge is 0.377 e. The summed E-state index contributed by atoms with van der Waals surface area (Å²) < 4.78 is 0. The topological polar surface area (TPSA) is 12.0 Å². The monoisotopic (exact) mass is 295 g/mol. The van der Waals surface area contributed by atoms with E-state index in [0.717, 1.165) is 11.4 Å². The molecular weight excluding hydrogens is 278 g/mol. The molecule has 106 valence electrons. The maximum Gasteiger partial charge on any atom is 0.0554 e. The van der Waals surface area contributed by atoms with E-state index in [4.69, 9.17) is 11.6 Å². The van der Waals surface area contributed by atoms with Crippen molar-refractivity contribution in [1.29, 1.82) is 0 Å². The van der Waals surface area contributed by atoms with Crippen molar-refractivity contribution >= 4 is 17.3 Å². The average molecular weight is 296 g/mol. The first-order chi connectivity index (χ1) is 10.2. The second-order valence-electron chi connectivity index (χ2n) is 6.07. The van der Waals surface area contributed by atoms with Crippen molar-refractivity contribution in [3.8, 4) is 0 Å². The first-order valence-corrected chi connectivity index (χ1v) is 7.90. The number of fused-ring (bicyclic) bond motifs is 3. The molecule has 0 saturated heterocycles. The van der Waals surface area contributed by atoms with Crippen LogP contribution in [-0.4, -0.2) is 0 Å². The van der Waals surface area contributed by atoms with Crippen molar-refractivity contribution in [1.82, 2.24) is 0 Å². The smallest absolute Gasteiger partial charge is 0.0554 e. The molecule has 1 N–H and O–H groups in total. The van der Waals surface area contributed by atoms with Gasteiger partial charge in [0, 0.05) is 16.6 Å². The van der Waals surface area contributed by atoms with Gasteiger partial charge in [0.1, 0.15) is 0 Å². The Labute approximate surface area is 130 Å². The van der Waals surface area contributed by atoms with E-state index in [2.05, 4.69) is 54.7 Å². The van der Waals surface area contributed by atoms with Gasteiger partial charge < -0.3 is 5.32 Å². The fraction of sp³-hybridized carbons (Fsp3) is 0.263. The zero-order valence-corrected chi connectivity index (χ0v) is 12.8. The standard InChI is InChI=1S/C19H18ClN/c1-12-5-2-9-16-15-8-4-10-17(15)19(21-18(12)16)13-6-3-7-14(20)11-13/h2-9,11,15,17,19,21H,10H2,1H3/t15-,17+,19-/m1/s1. The molecule has 3 atom stereocenters. The number of anilines is 1. The van der Waals surface area contributed by atoms with Gasteiger partial charge in [0.05, 0.1) is 6.04 Å². The maximum absolute atomic E-state index is 6.20. The molecule has 2 aromatic rings. The van der Waals surface area contributed by atoms with Gasteiger partial charge >= 0.3 is 0 Å². The van der Waals surface area contributed by atoms with E-state index in [1.54, 1.807) is 0 Å². The van der Waals surface area contributed by atoms with Crippen LogP contribution in [0.15, 0.2) is 54.6 Å². The number of hydrogen-bond acceptors (Lipinski definition) is 1. The van der Waals surface area contributed by atoms with E-state index in [9.17, 15) is 0 Å². The third-order valence-electron chi connectivity index (χ3n) is 4.81. The highest BCUT2D eigenvalue weighted by molar-refractivity contribution is 6.30. The van der Waals surface area contributed by atoms with Gasteiger partial charge in [0.2, 0.25) is 0 Å². The third-order valence-corrected chi connectivity index (χ3v) is 5.05. The van der Waals surface area contributed by atoms with E-state index < -0.39 is 0 Å². The summed E-state index contributed by atoms with van der Waals surface area (Å²) in [5.74, 6) is 1.10. The Hall–Kier alpha value is -1.73. The number of benzene rings is 2. The molecule has 1 aliphatic carbocycles. The minimum absolute atomic E-state index is 0.331. The van der Waals surface area contributed by atoms with Crippen molar-refractivity contribution < 1.29 is 0 Å². The number of nitrogens with one attached hydrogen (secondary N) is 1. The lowest BCUT2D eigenvalue weighted by molar-refractivity contribution is 0.425. The van der Waals surface area contributed by atoms with Gasteiger partial charge in [-0.05, 0) is 48.1 Å².